The topological polar surface area (TPSA) is 102 Å². The molecule has 0 amide bonds. The standard InChI is InChI=1S/C13H15N5O/c1-8-6-13(15,18-12(14)16-8)7-11-17-9-4-2-3-5-10(9)19-11/h2-6H,7,15H2,1H3,(H3,14,16,18). The molecule has 98 valence electrons. The molecule has 6 heteroatoms. The van der Waals surface area contributed by atoms with E-state index in [2.05, 4.69) is 15.3 Å². The minimum Gasteiger partial charge on any atom is -0.441 e. The van der Waals surface area contributed by atoms with Crippen LogP contribution in [0.15, 0.2) is 45.4 Å². The molecule has 1 aromatic heterocycles. The third kappa shape index (κ3) is 2.30. The molecule has 0 aliphatic carbocycles. The Morgan fingerprint density at radius 3 is 2.89 bits per heavy atom. The molecule has 1 aromatic carbocycles. The van der Waals surface area contributed by atoms with Crippen LogP contribution >= 0.6 is 0 Å². The second kappa shape index (κ2) is 4.10. The second-order valence-electron chi connectivity index (χ2n) is 4.69. The average molecular weight is 257 g/mol. The number of fused-ring (bicyclic) bond motifs is 1. The minimum absolute atomic E-state index is 0.304. The lowest BCUT2D eigenvalue weighted by Gasteiger charge is -2.26. The van der Waals surface area contributed by atoms with Gasteiger partial charge in [-0.1, -0.05) is 12.1 Å². The van der Waals surface area contributed by atoms with Gasteiger partial charge in [-0.05, 0) is 25.1 Å². The third-order valence-corrected chi connectivity index (χ3v) is 2.89. The Morgan fingerprint density at radius 1 is 1.37 bits per heavy atom. The van der Waals surface area contributed by atoms with Gasteiger partial charge >= 0.3 is 0 Å². The largest absolute Gasteiger partial charge is 0.441 e. The number of rotatable bonds is 2. The SMILES string of the molecule is CC1=CC(N)(Cc2nc3ccccc3o2)N=C(N)N1. The highest BCUT2D eigenvalue weighted by atomic mass is 16.3. The summed E-state index contributed by atoms with van der Waals surface area (Å²) in [4.78, 5) is 8.61. The highest BCUT2D eigenvalue weighted by Crippen LogP contribution is 2.21. The van der Waals surface area contributed by atoms with Crippen molar-refractivity contribution in [3.05, 3.63) is 41.9 Å². The Balaban J connectivity index is 1.94. The summed E-state index contributed by atoms with van der Waals surface area (Å²) in [6.45, 7) is 1.88. The number of allylic oxidation sites excluding steroid dienone is 1. The van der Waals surface area contributed by atoms with Crippen LogP contribution < -0.4 is 16.8 Å². The van der Waals surface area contributed by atoms with Crippen LogP contribution in [0.1, 0.15) is 12.8 Å². The highest BCUT2D eigenvalue weighted by molar-refractivity contribution is 5.81. The van der Waals surface area contributed by atoms with Crippen LogP contribution in [0.4, 0.5) is 0 Å². The predicted octanol–water partition coefficient (Wildman–Crippen LogP) is 0.847. The van der Waals surface area contributed by atoms with E-state index in [1.165, 1.54) is 0 Å². The lowest BCUT2D eigenvalue weighted by molar-refractivity contribution is 0.445. The van der Waals surface area contributed by atoms with Crippen molar-refractivity contribution >= 4 is 17.1 Å². The number of nitrogens with two attached hydrogens (primary N) is 2. The molecule has 0 spiro atoms. The normalized spacial score (nSPS) is 22.8. The Labute approximate surface area is 110 Å². The van der Waals surface area contributed by atoms with Crippen molar-refractivity contribution in [2.24, 2.45) is 16.5 Å². The van der Waals surface area contributed by atoms with Gasteiger partial charge in [0.2, 0.25) is 0 Å². The number of benzene rings is 1. The Hall–Kier alpha value is -2.34. The number of hydrogen-bond donors (Lipinski definition) is 3. The summed E-state index contributed by atoms with van der Waals surface area (Å²) in [6, 6.07) is 7.58. The number of nitrogens with one attached hydrogen (secondary N) is 1. The molecule has 1 aliphatic rings. The van der Waals surface area contributed by atoms with Crippen molar-refractivity contribution in [3.8, 4) is 0 Å². The van der Waals surface area contributed by atoms with Gasteiger partial charge in [-0.3, -0.25) is 0 Å². The van der Waals surface area contributed by atoms with E-state index in [0.717, 1.165) is 16.8 Å². The van der Waals surface area contributed by atoms with Gasteiger partial charge in [-0.15, -0.1) is 0 Å². The fourth-order valence-electron chi connectivity index (χ4n) is 2.23. The van der Waals surface area contributed by atoms with E-state index in [-0.39, 0.29) is 0 Å². The van der Waals surface area contributed by atoms with E-state index in [1.54, 1.807) is 0 Å². The van der Waals surface area contributed by atoms with Crippen LogP contribution in [-0.4, -0.2) is 16.6 Å². The van der Waals surface area contributed by atoms with Crippen LogP contribution in [0.5, 0.6) is 0 Å². The molecule has 0 saturated heterocycles. The lowest BCUT2D eigenvalue weighted by atomic mass is 10.1. The number of aromatic nitrogens is 1. The Bertz CT molecular complexity index is 634. The summed E-state index contributed by atoms with van der Waals surface area (Å²) in [5.74, 6) is 0.852. The number of hydrogen-bond acceptors (Lipinski definition) is 6. The molecule has 0 bridgehead atoms. The molecule has 1 aliphatic heterocycles. The van der Waals surface area contributed by atoms with Crippen LogP contribution in [0.25, 0.3) is 11.1 Å². The molecule has 1 unspecified atom stereocenters. The van der Waals surface area contributed by atoms with Crippen molar-refractivity contribution in [1.29, 1.82) is 0 Å². The maximum absolute atomic E-state index is 6.21. The zero-order chi connectivity index (χ0) is 13.5. The van der Waals surface area contributed by atoms with Crippen LogP contribution in [0, 0.1) is 0 Å². The first kappa shape index (κ1) is 11.7. The summed E-state index contributed by atoms with van der Waals surface area (Å²) >= 11 is 0. The number of para-hydroxylation sites is 2. The van der Waals surface area contributed by atoms with Gasteiger partial charge in [0.25, 0.3) is 0 Å². The third-order valence-electron chi connectivity index (χ3n) is 2.89. The fourth-order valence-corrected chi connectivity index (χ4v) is 2.23. The van der Waals surface area contributed by atoms with E-state index in [0.29, 0.717) is 18.3 Å². The summed E-state index contributed by atoms with van der Waals surface area (Å²) in [6.07, 6.45) is 2.18. The van der Waals surface area contributed by atoms with Gasteiger partial charge in [0.05, 0.1) is 6.42 Å². The fraction of sp³-hybridized carbons (Fsp3) is 0.231. The van der Waals surface area contributed by atoms with E-state index >= 15 is 0 Å². The zero-order valence-electron chi connectivity index (χ0n) is 10.6. The van der Waals surface area contributed by atoms with Gasteiger partial charge in [0.15, 0.2) is 17.4 Å². The van der Waals surface area contributed by atoms with E-state index in [4.69, 9.17) is 15.9 Å². The average Bonchev–Trinajstić information content (AvgIpc) is 2.67. The van der Waals surface area contributed by atoms with Gasteiger partial charge in [-0.2, -0.15) is 0 Å². The molecular formula is C13H15N5O. The summed E-state index contributed by atoms with van der Waals surface area (Å²) < 4.78 is 5.66. The molecule has 0 saturated carbocycles. The number of nitrogens with zero attached hydrogens (tertiary/aromatic N) is 2. The first-order valence-corrected chi connectivity index (χ1v) is 5.99. The van der Waals surface area contributed by atoms with Gasteiger partial charge in [-0.25, -0.2) is 9.98 Å². The number of oxazole rings is 1. The number of guanidine groups is 1. The molecule has 6 nitrogen and oxygen atoms in total. The van der Waals surface area contributed by atoms with Gasteiger partial charge < -0.3 is 21.2 Å². The molecular weight excluding hydrogens is 242 g/mol. The smallest absolute Gasteiger partial charge is 0.199 e. The molecule has 1 atom stereocenters. The van der Waals surface area contributed by atoms with Crippen molar-refractivity contribution in [2.45, 2.75) is 19.0 Å². The quantitative estimate of drug-likeness (QED) is 0.740. The lowest BCUT2D eigenvalue weighted by Crippen LogP contribution is -2.47. The van der Waals surface area contributed by atoms with E-state index in [1.807, 2.05) is 37.3 Å². The maximum atomic E-state index is 6.21. The van der Waals surface area contributed by atoms with Crippen molar-refractivity contribution in [1.82, 2.24) is 10.3 Å². The maximum Gasteiger partial charge on any atom is 0.199 e. The Morgan fingerprint density at radius 2 is 2.16 bits per heavy atom. The number of aliphatic imine (C=N–C) groups is 1. The van der Waals surface area contributed by atoms with Crippen molar-refractivity contribution in [2.75, 3.05) is 0 Å². The van der Waals surface area contributed by atoms with Gasteiger partial charge in [0, 0.05) is 5.70 Å². The van der Waals surface area contributed by atoms with Crippen molar-refractivity contribution < 1.29 is 4.42 Å². The highest BCUT2D eigenvalue weighted by Gasteiger charge is 2.28. The summed E-state index contributed by atoms with van der Waals surface area (Å²) in [5.41, 5.74) is 13.4. The zero-order valence-corrected chi connectivity index (χ0v) is 10.6. The molecule has 3 rings (SSSR count). The van der Waals surface area contributed by atoms with E-state index < -0.39 is 5.66 Å². The Kier molecular flexibility index (Phi) is 2.53. The van der Waals surface area contributed by atoms with Crippen LogP contribution in [0.3, 0.4) is 0 Å². The first-order valence-electron chi connectivity index (χ1n) is 5.99. The molecule has 0 radical (unpaired) electrons. The molecule has 2 aromatic rings. The molecule has 2 heterocycles. The minimum atomic E-state index is -0.916. The monoisotopic (exact) mass is 257 g/mol. The van der Waals surface area contributed by atoms with Crippen LogP contribution in [-0.2, 0) is 6.42 Å². The first-order chi connectivity index (χ1) is 9.04. The molecule has 5 N–H and O–H groups in total. The summed E-state index contributed by atoms with van der Waals surface area (Å²) in [7, 11) is 0. The second-order valence-corrected chi connectivity index (χ2v) is 4.69. The summed E-state index contributed by atoms with van der Waals surface area (Å²) in [5, 5.41) is 2.90. The molecule has 0 fully saturated rings. The predicted molar refractivity (Wildman–Crippen MR) is 73.1 cm³/mol. The van der Waals surface area contributed by atoms with Crippen molar-refractivity contribution in [3.63, 3.8) is 0 Å². The van der Waals surface area contributed by atoms with E-state index in [9.17, 15) is 0 Å². The van der Waals surface area contributed by atoms with Crippen LogP contribution in [0.2, 0.25) is 0 Å². The molecule has 19 heavy (non-hydrogen) atoms. The van der Waals surface area contributed by atoms with Gasteiger partial charge in [0.1, 0.15) is 11.2 Å².